The molecule has 1 fully saturated rings. The molecular formula is C17H16FN7O3S. The number of aliphatic hydroxyl groups excluding tert-OH is 1. The van der Waals surface area contributed by atoms with E-state index in [-0.39, 0.29) is 12.2 Å². The van der Waals surface area contributed by atoms with Crippen LogP contribution in [0.1, 0.15) is 21.1 Å². The van der Waals surface area contributed by atoms with E-state index >= 15 is 0 Å². The predicted molar refractivity (Wildman–Crippen MR) is 99.9 cm³/mol. The second-order valence-electron chi connectivity index (χ2n) is 6.42. The van der Waals surface area contributed by atoms with Crippen molar-refractivity contribution < 1.29 is 19.1 Å². The van der Waals surface area contributed by atoms with Crippen molar-refractivity contribution in [1.82, 2.24) is 35.9 Å². The van der Waals surface area contributed by atoms with E-state index in [4.69, 9.17) is 0 Å². The molecule has 1 saturated heterocycles. The first-order valence-corrected chi connectivity index (χ1v) is 9.41. The zero-order valence-corrected chi connectivity index (χ0v) is 15.9. The monoisotopic (exact) mass is 417 g/mol. The van der Waals surface area contributed by atoms with Crippen molar-refractivity contribution in [3.63, 3.8) is 0 Å². The third-order valence-electron chi connectivity index (χ3n) is 4.53. The number of nitrogens with zero attached hydrogens (tertiary/aromatic N) is 4. The number of aliphatic hydroxyl groups is 1. The van der Waals surface area contributed by atoms with Gasteiger partial charge in [-0.15, -0.1) is 16.4 Å². The lowest BCUT2D eigenvalue weighted by atomic mass is 9.95. The van der Waals surface area contributed by atoms with E-state index in [1.165, 1.54) is 46.6 Å². The Kier molecular flexibility index (Phi) is 4.72. The molecule has 4 N–H and O–H groups in total. The number of aryl methyl sites for hydroxylation is 1. The van der Waals surface area contributed by atoms with Crippen LogP contribution in [-0.4, -0.2) is 49.8 Å². The van der Waals surface area contributed by atoms with E-state index < -0.39 is 29.5 Å². The highest BCUT2D eigenvalue weighted by Crippen LogP contribution is 2.32. The fourth-order valence-corrected chi connectivity index (χ4v) is 4.05. The molecule has 29 heavy (non-hydrogen) atoms. The molecule has 150 valence electrons. The summed E-state index contributed by atoms with van der Waals surface area (Å²) in [4.78, 5) is 30.4. The summed E-state index contributed by atoms with van der Waals surface area (Å²) in [6.07, 6.45) is 0.00920. The minimum Gasteiger partial charge on any atom is -0.371 e. The molecule has 3 heterocycles. The number of hydrogen-bond donors (Lipinski definition) is 4. The van der Waals surface area contributed by atoms with Gasteiger partial charge in [-0.2, -0.15) is 9.90 Å². The van der Waals surface area contributed by atoms with Crippen LogP contribution < -0.4 is 16.0 Å². The number of rotatable bonds is 5. The highest BCUT2D eigenvalue weighted by Gasteiger charge is 2.49. The molecule has 10 nitrogen and oxygen atoms in total. The van der Waals surface area contributed by atoms with Crippen LogP contribution in [0.5, 0.6) is 0 Å². The lowest BCUT2D eigenvalue weighted by Gasteiger charge is -2.30. The third kappa shape index (κ3) is 3.43. The summed E-state index contributed by atoms with van der Waals surface area (Å²) in [6.45, 7) is 1.65. The summed E-state index contributed by atoms with van der Waals surface area (Å²) in [6, 6.07) is 4.93. The third-order valence-corrected chi connectivity index (χ3v) is 5.64. The molecule has 0 saturated carbocycles. The van der Waals surface area contributed by atoms with Crippen LogP contribution in [0.15, 0.2) is 36.0 Å². The van der Waals surface area contributed by atoms with Crippen LogP contribution in [-0.2, 0) is 5.54 Å². The normalized spacial score (nSPS) is 20.9. The predicted octanol–water partition coefficient (Wildman–Crippen LogP) is 0.428. The quantitative estimate of drug-likeness (QED) is 0.476. The molecule has 0 spiro atoms. The standard InChI is InChI=1S/C17H16FN7O3S/c1-9-13(29-8-20-9)17(15(27)22-16(28)23-17)7-19-14(26)12-6-21-25(24-12)11-4-2-10(18)3-5-11/h2-6,8,15,27H,7H2,1H3,(H,19,26)(H2,22,23,28). The van der Waals surface area contributed by atoms with Gasteiger partial charge in [-0.1, -0.05) is 0 Å². The van der Waals surface area contributed by atoms with Crippen molar-refractivity contribution in [2.24, 2.45) is 0 Å². The van der Waals surface area contributed by atoms with Crippen molar-refractivity contribution in [2.75, 3.05) is 6.54 Å². The maximum absolute atomic E-state index is 13.1. The van der Waals surface area contributed by atoms with Gasteiger partial charge in [0.05, 0.1) is 34.5 Å². The molecule has 4 rings (SSSR count). The number of nitrogens with one attached hydrogen (secondary N) is 3. The average Bonchev–Trinajstić information content (AvgIpc) is 3.40. The van der Waals surface area contributed by atoms with E-state index in [0.717, 1.165) is 0 Å². The van der Waals surface area contributed by atoms with Gasteiger partial charge in [0, 0.05) is 0 Å². The molecule has 0 bridgehead atoms. The first-order chi connectivity index (χ1) is 13.9. The average molecular weight is 417 g/mol. The molecule has 3 aromatic rings. The summed E-state index contributed by atoms with van der Waals surface area (Å²) in [5, 5.41) is 26.3. The largest absolute Gasteiger partial charge is 0.371 e. The van der Waals surface area contributed by atoms with Crippen LogP contribution >= 0.6 is 11.3 Å². The molecule has 2 unspecified atom stereocenters. The Morgan fingerprint density at radius 2 is 2.17 bits per heavy atom. The molecule has 1 aliphatic heterocycles. The van der Waals surface area contributed by atoms with Crippen molar-refractivity contribution in [2.45, 2.75) is 18.7 Å². The van der Waals surface area contributed by atoms with Crippen LogP contribution in [0.3, 0.4) is 0 Å². The summed E-state index contributed by atoms with van der Waals surface area (Å²) < 4.78 is 13.1. The Morgan fingerprint density at radius 1 is 1.41 bits per heavy atom. The minimum atomic E-state index is -1.26. The van der Waals surface area contributed by atoms with Crippen LogP contribution in [0.25, 0.3) is 5.69 Å². The van der Waals surface area contributed by atoms with Gasteiger partial charge in [0.25, 0.3) is 5.91 Å². The maximum Gasteiger partial charge on any atom is 0.317 e. The van der Waals surface area contributed by atoms with Crippen molar-refractivity contribution in [1.29, 1.82) is 0 Å². The number of thiazole rings is 1. The summed E-state index contributed by atoms with van der Waals surface area (Å²) in [5.41, 5.74) is 1.49. The molecule has 12 heteroatoms. The van der Waals surface area contributed by atoms with Crippen molar-refractivity contribution in [3.05, 3.63) is 58.1 Å². The number of carbonyl (C=O) groups excluding carboxylic acids is 2. The van der Waals surface area contributed by atoms with E-state index in [9.17, 15) is 19.1 Å². The van der Waals surface area contributed by atoms with E-state index in [2.05, 4.69) is 31.1 Å². The maximum atomic E-state index is 13.1. The molecule has 2 atom stereocenters. The van der Waals surface area contributed by atoms with Gasteiger partial charge in [0.2, 0.25) is 0 Å². The lowest BCUT2D eigenvalue weighted by Crippen LogP contribution is -2.54. The smallest absolute Gasteiger partial charge is 0.317 e. The topological polar surface area (TPSA) is 134 Å². The lowest BCUT2D eigenvalue weighted by molar-refractivity contribution is 0.0737. The second kappa shape index (κ2) is 7.22. The SMILES string of the molecule is Cc1ncsc1C1(CNC(=O)c2cnn(-c3ccc(F)cc3)n2)NC(=O)NC1O. The number of urea groups is 1. The van der Waals surface area contributed by atoms with Gasteiger partial charge in [0.1, 0.15) is 11.4 Å². The Bertz CT molecular complexity index is 1070. The van der Waals surface area contributed by atoms with Gasteiger partial charge in [-0.05, 0) is 31.2 Å². The van der Waals surface area contributed by atoms with E-state index in [1.807, 2.05) is 0 Å². The number of amides is 3. The number of benzene rings is 1. The van der Waals surface area contributed by atoms with Gasteiger partial charge >= 0.3 is 6.03 Å². The van der Waals surface area contributed by atoms with E-state index in [0.29, 0.717) is 16.3 Å². The molecule has 3 amide bonds. The fraction of sp³-hybridized carbons (Fsp3) is 0.235. The van der Waals surface area contributed by atoms with Gasteiger partial charge in [-0.3, -0.25) is 4.79 Å². The molecule has 1 aromatic carbocycles. The molecular weight excluding hydrogens is 401 g/mol. The molecule has 0 radical (unpaired) electrons. The summed E-state index contributed by atoms with van der Waals surface area (Å²) >= 11 is 1.26. The van der Waals surface area contributed by atoms with E-state index in [1.54, 1.807) is 12.4 Å². The Balaban J connectivity index is 1.53. The minimum absolute atomic E-state index is 0.0253. The van der Waals surface area contributed by atoms with Crippen LogP contribution in [0.2, 0.25) is 0 Å². The first kappa shape index (κ1) is 19.0. The molecule has 1 aliphatic rings. The highest BCUT2D eigenvalue weighted by molar-refractivity contribution is 7.10. The zero-order valence-electron chi connectivity index (χ0n) is 15.1. The number of aromatic nitrogens is 4. The molecule has 0 aliphatic carbocycles. The Hall–Kier alpha value is -3.38. The number of hydrogen-bond acceptors (Lipinski definition) is 7. The van der Waals surface area contributed by atoms with Gasteiger partial charge < -0.3 is 21.1 Å². The van der Waals surface area contributed by atoms with Crippen molar-refractivity contribution >= 4 is 23.3 Å². The van der Waals surface area contributed by atoms with Gasteiger partial charge in [0.15, 0.2) is 11.9 Å². The van der Waals surface area contributed by atoms with Gasteiger partial charge in [-0.25, -0.2) is 14.2 Å². The number of carbonyl (C=O) groups is 2. The first-order valence-electron chi connectivity index (χ1n) is 8.53. The number of halogens is 1. The highest BCUT2D eigenvalue weighted by atomic mass is 32.1. The molecule has 2 aromatic heterocycles. The summed E-state index contributed by atoms with van der Waals surface area (Å²) in [5.74, 6) is -0.943. The Labute approximate surface area is 167 Å². The summed E-state index contributed by atoms with van der Waals surface area (Å²) in [7, 11) is 0. The van der Waals surface area contributed by atoms with Crippen molar-refractivity contribution in [3.8, 4) is 5.69 Å². The van der Waals surface area contributed by atoms with Crippen LogP contribution in [0.4, 0.5) is 9.18 Å². The zero-order chi connectivity index (χ0) is 20.6. The van der Waals surface area contributed by atoms with Crippen LogP contribution in [0, 0.1) is 12.7 Å². The second-order valence-corrected chi connectivity index (χ2v) is 7.27. The fourth-order valence-electron chi connectivity index (χ4n) is 3.06. The Morgan fingerprint density at radius 3 is 2.79 bits per heavy atom.